The lowest BCUT2D eigenvalue weighted by atomic mass is 10.2. The van der Waals surface area contributed by atoms with Crippen molar-refractivity contribution in [2.75, 3.05) is 33.6 Å². The number of ether oxygens (including phenoxy) is 2. The highest BCUT2D eigenvalue weighted by Gasteiger charge is 2.16. The van der Waals surface area contributed by atoms with E-state index in [0.717, 1.165) is 11.3 Å². The Hall–Kier alpha value is -3.00. The molecule has 2 amide bonds. The van der Waals surface area contributed by atoms with E-state index in [0.29, 0.717) is 17.0 Å². The topological polar surface area (TPSA) is 84.9 Å². The quantitative estimate of drug-likeness (QED) is 0.499. The van der Waals surface area contributed by atoms with E-state index in [1.807, 2.05) is 12.1 Å². The first-order valence-electron chi connectivity index (χ1n) is 8.89. The summed E-state index contributed by atoms with van der Waals surface area (Å²) in [5.74, 6) is -0.124. The number of benzene rings is 2. The van der Waals surface area contributed by atoms with Crippen LogP contribution >= 0.6 is 11.8 Å². The number of esters is 1. The monoisotopic (exact) mass is 416 g/mol. The lowest BCUT2D eigenvalue weighted by Crippen LogP contribution is -2.28. The Balaban J connectivity index is 1.85. The van der Waals surface area contributed by atoms with Crippen LogP contribution in [0.15, 0.2) is 53.4 Å². The highest BCUT2D eigenvalue weighted by atomic mass is 32.2. The van der Waals surface area contributed by atoms with Gasteiger partial charge in [0.05, 0.1) is 18.4 Å². The first-order valence-corrected chi connectivity index (χ1v) is 9.88. The van der Waals surface area contributed by atoms with Gasteiger partial charge in [-0.15, -0.1) is 11.8 Å². The molecule has 0 aliphatic carbocycles. The van der Waals surface area contributed by atoms with Gasteiger partial charge in [0.2, 0.25) is 5.91 Å². The fourth-order valence-electron chi connectivity index (χ4n) is 2.23. The summed E-state index contributed by atoms with van der Waals surface area (Å²) < 4.78 is 10.2. The van der Waals surface area contributed by atoms with E-state index in [-0.39, 0.29) is 18.3 Å². The van der Waals surface area contributed by atoms with Crippen molar-refractivity contribution in [1.82, 2.24) is 10.2 Å². The number of hydrogen-bond donors (Lipinski definition) is 1. The van der Waals surface area contributed by atoms with Crippen molar-refractivity contribution in [3.8, 4) is 5.75 Å². The number of rotatable bonds is 9. The fourth-order valence-corrected chi connectivity index (χ4v) is 3.25. The van der Waals surface area contributed by atoms with Crippen molar-refractivity contribution in [2.45, 2.75) is 11.4 Å². The van der Waals surface area contributed by atoms with Gasteiger partial charge in [0.25, 0.3) is 5.91 Å². The molecule has 0 radical (unpaired) electrons. The molecule has 154 valence electrons. The average molecular weight is 416 g/mol. The van der Waals surface area contributed by atoms with Crippen molar-refractivity contribution < 1.29 is 23.9 Å². The Labute approximate surface area is 174 Å². The maximum Gasteiger partial charge on any atom is 0.339 e. The summed E-state index contributed by atoms with van der Waals surface area (Å²) in [5.41, 5.74) is 1.23. The van der Waals surface area contributed by atoms with Crippen LogP contribution in [-0.4, -0.2) is 56.2 Å². The third-order valence-corrected chi connectivity index (χ3v) is 5.00. The molecule has 0 aromatic heterocycles. The van der Waals surface area contributed by atoms with Crippen LogP contribution in [0.1, 0.15) is 15.9 Å². The molecule has 29 heavy (non-hydrogen) atoms. The van der Waals surface area contributed by atoms with Gasteiger partial charge in [-0.05, 0) is 29.8 Å². The van der Waals surface area contributed by atoms with Gasteiger partial charge in [-0.2, -0.15) is 0 Å². The van der Waals surface area contributed by atoms with Gasteiger partial charge in [0.1, 0.15) is 5.75 Å². The lowest BCUT2D eigenvalue weighted by Gasteiger charge is -2.12. The van der Waals surface area contributed by atoms with Crippen molar-refractivity contribution in [3.05, 3.63) is 59.7 Å². The van der Waals surface area contributed by atoms with Crippen molar-refractivity contribution in [1.29, 1.82) is 0 Å². The van der Waals surface area contributed by atoms with Crippen LogP contribution in [0.3, 0.4) is 0 Å². The first kappa shape index (κ1) is 22.3. The highest BCUT2D eigenvalue weighted by molar-refractivity contribution is 8.00. The Morgan fingerprint density at radius 1 is 1.03 bits per heavy atom. The van der Waals surface area contributed by atoms with Crippen LogP contribution in [0, 0.1) is 0 Å². The van der Waals surface area contributed by atoms with E-state index >= 15 is 0 Å². The minimum absolute atomic E-state index is 0.0592. The molecular formula is C21H24N2O5S. The summed E-state index contributed by atoms with van der Waals surface area (Å²) in [6, 6.07) is 14.1. The number of methoxy groups -OCH3 is 1. The second-order valence-corrected chi connectivity index (χ2v) is 7.29. The number of nitrogens with one attached hydrogen (secondary N) is 1. The highest BCUT2D eigenvalue weighted by Crippen LogP contribution is 2.23. The Kier molecular flexibility index (Phi) is 8.54. The predicted octanol–water partition coefficient (Wildman–Crippen LogP) is 2.35. The Morgan fingerprint density at radius 3 is 2.38 bits per heavy atom. The minimum Gasteiger partial charge on any atom is -0.497 e. The Bertz CT molecular complexity index is 852. The lowest BCUT2D eigenvalue weighted by molar-refractivity contribution is -0.126. The largest absolute Gasteiger partial charge is 0.497 e. The SMILES string of the molecule is COc1ccc(CNC(=O)COC(=O)c2ccccc2SCC(=O)N(C)C)cc1. The van der Waals surface area contributed by atoms with Crippen molar-refractivity contribution >= 4 is 29.5 Å². The first-order chi connectivity index (χ1) is 13.9. The van der Waals surface area contributed by atoms with Crippen LogP contribution in [0.25, 0.3) is 0 Å². The van der Waals surface area contributed by atoms with E-state index in [9.17, 15) is 14.4 Å². The second kappa shape index (κ2) is 11.1. The number of amides is 2. The molecule has 0 unspecified atom stereocenters. The molecule has 0 aliphatic heterocycles. The van der Waals surface area contributed by atoms with Gasteiger partial charge >= 0.3 is 5.97 Å². The standard InChI is InChI=1S/C21H24N2O5S/c1-23(2)20(25)14-29-18-7-5-4-6-17(18)21(26)28-13-19(24)22-12-15-8-10-16(27-3)11-9-15/h4-11H,12-14H2,1-3H3,(H,22,24). The summed E-state index contributed by atoms with van der Waals surface area (Å²) in [5, 5.41) is 2.70. The van der Waals surface area contributed by atoms with Gasteiger partial charge in [0.15, 0.2) is 6.61 Å². The molecule has 0 bridgehead atoms. The maximum absolute atomic E-state index is 12.4. The summed E-state index contributed by atoms with van der Waals surface area (Å²) in [6.45, 7) is -0.0654. The summed E-state index contributed by atoms with van der Waals surface area (Å²) in [7, 11) is 4.93. The zero-order chi connectivity index (χ0) is 21.2. The molecule has 0 atom stereocenters. The maximum atomic E-state index is 12.4. The summed E-state index contributed by atoms with van der Waals surface area (Å²) in [4.78, 5) is 38.2. The molecule has 8 heteroatoms. The molecule has 2 aromatic rings. The normalized spacial score (nSPS) is 10.2. The summed E-state index contributed by atoms with van der Waals surface area (Å²) in [6.07, 6.45) is 0. The molecule has 0 saturated carbocycles. The van der Waals surface area contributed by atoms with E-state index in [4.69, 9.17) is 9.47 Å². The molecule has 0 heterocycles. The van der Waals surface area contributed by atoms with Crippen LogP contribution in [0.2, 0.25) is 0 Å². The molecule has 7 nitrogen and oxygen atoms in total. The van der Waals surface area contributed by atoms with Gasteiger partial charge < -0.3 is 19.7 Å². The predicted molar refractivity (Wildman–Crippen MR) is 111 cm³/mol. The van der Waals surface area contributed by atoms with Crippen LogP contribution in [0.4, 0.5) is 0 Å². The van der Waals surface area contributed by atoms with E-state index in [2.05, 4.69) is 5.32 Å². The van der Waals surface area contributed by atoms with E-state index < -0.39 is 11.9 Å². The average Bonchev–Trinajstić information content (AvgIpc) is 2.74. The number of carbonyl (C=O) groups excluding carboxylic acids is 3. The number of hydrogen-bond acceptors (Lipinski definition) is 6. The number of thioether (sulfide) groups is 1. The number of carbonyl (C=O) groups is 3. The molecule has 0 fully saturated rings. The molecule has 2 rings (SSSR count). The second-order valence-electron chi connectivity index (χ2n) is 6.27. The van der Waals surface area contributed by atoms with E-state index in [1.165, 1.54) is 16.7 Å². The third kappa shape index (κ3) is 7.15. The zero-order valence-corrected chi connectivity index (χ0v) is 17.5. The molecule has 0 saturated heterocycles. The summed E-state index contributed by atoms with van der Waals surface area (Å²) >= 11 is 1.25. The molecule has 2 aromatic carbocycles. The minimum atomic E-state index is -0.606. The van der Waals surface area contributed by atoms with Gasteiger partial charge in [-0.3, -0.25) is 9.59 Å². The molecule has 0 spiro atoms. The molecular weight excluding hydrogens is 392 g/mol. The Morgan fingerprint density at radius 2 is 1.72 bits per heavy atom. The van der Waals surface area contributed by atoms with E-state index in [1.54, 1.807) is 57.6 Å². The third-order valence-electron chi connectivity index (χ3n) is 3.94. The fraction of sp³-hybridized carbons (Fsp3) is 0.286. The van der Waals surface area contributed by atoms with Crippen LogP contribution in [-0.2, 0) is 20.9 Å². The van der Waals surface area contributed by atoms with Gasteiger partial charge in [-0.1, -0.05) is 24.3 Å². The van der Waals surface area contributed by atoms with Gasteiger partial charge in [-0.25, -0.2) is 4.79 Å². The van der Waals surface area contributed by atoms with Crippen molar-refractivity contribution in [2.24, 2.45) is 0 Å². The van der Waals surface area contributed by atoms with Crippen LogP contribution < -0.4 is 10.1 Å². The zero-order valence-electron chi connectivity index (χ0n) is 16.6. The molecule has 1 N–H and O–H groups in total. The van der Waals surface area contributed by atoms with Gasteiger partial charge in [0, 0.05) is 25.5 Å². The number of nitrogens with zero attached hydrogens (tertiary/aromatic N) is 1. The molecule has 0 aliphatic rings. The van der Waals surface area contributed by atoms with Crippen molar-refractivity contribution in [3.63, 3.8) is 0 Å². The smallest absolute Gasteiger partial charge is 0.339 e. The van der Waals surface area contributed by atoms with Crippen LogP contribution in [0.5, 0.6) is 5.75 Å².